The molecule has 17 heavy (non-hydrogen) atoms. The van der Waals surface area contributed by atoms with Crippen molar-refractivity contribution in [3.63, 3.8) is 0 Å². The summed E-state index contributed by atoms with van der Waals surface area (Å²) >= 11 is 1.72. The van der Waals surface area contributed by atoms with Crippen molar-refractivity contribution in [3.8, 4) is 0 Å². The molecule has 0 fully saturated rings. The highest BCUT2D eigenvalue weighted by Crippen LogP contribution is 2.19. The summed E-state index contributed by atoms with van der Waals surface area (Å²) < 4.78 is 1.74. The lowest BCUT2D eigenvalue weighted by Crippen LogP contribution is -2.04. The average Bonchev–Trinajstić information content (AvgIpc) is 2.88. The maximum absolute atomic E-state index is 12.1. The van der Waals surface area contributed by atoms with Crippen LogP contribution < -0.4 is 0 Å². The van der Waals surface area contributed by atoms with Gasteiger partial charge in [0.15, 0.2) is 5.78 Å². The Kier molecular flexibility index (Phi) is 3.43. The fraction of sp³-hybridized carbons (Fsp3) is 0.385. The first-order valence-electron chi connectivity index (χ1n) is 5.71. The van der Waals surface area contributed by atoms with Gasteiger partial charge in [0, 0.05) is 28.9 Å². The Morgan fingerprint density at radius 1 is 1.41 bits per heavy atom. The van der Waals surface area contributed by atoms with Gasteiger partial charge >= 0.3 is 0 Å². The number of hydrogen-bond acceptors (Lipinski definition) is 3. The van der Waals surface area contributed by atoms with Crippen molar-refractivity contribution in [1.29, 1.82) is 0 Å². The van der Waals surface area contributed by atoms with Crippen LogP contribution in [0.4, 0.5) is 0 Å². The number of ketones is 1. The van der Waals surface area contributed by atoms with Crippen LogP contribution in [0.1, 0.15) is 32.7 Å². The summed E-state index contributed by atoms with van der Waals surface area (Å²) in [7, 11) is 1.85. The van der Waals surface area contributed by atoms with E-state index in [2.05, 4.69) is 18.1 Å². The van der Waals surface area contributed by atoms with Gasteiger partial charge in [0.05, 0.1) is 11.8 Å². The molecule has 0 N–H and O–H groups in total. The van der Waals surface area contributed by atoms with Crippen LogP contribution in [0, 0.1) is 6.92 Å². The van der Waals surface area contributed by atoms with Crippen molar-refractivity contribution in [1.82, 2.24) is 9.78 Å². The van der Waals surface area contributed by atoms with E-state index in [0.29, 0.717) is 6.42 Å². The Morgan fingerprint density at radius 3 is 2.65 bits per heavy atom. The summed E-state index contributed by atoms with van der Waals surface area (Å²) in [6.45, 7) is 4.05. The van der Waals surface area contributed by atoms with Gasteiger partial charge in [-0.15, -0.1) is 11.3 Å². The molecule has 2 aromatic heterocycles. The molecule has 2 heterocycles. The second-order valence-corrected chi connectivity index (χ2v) is 5.34. The van der Waals surface area contributed by atoms with Gasteiger partial charge in [0.25, 0.3) is 0 Å². The third-order valence-corrected chi connectivity index (χ3v) is 4.17. The van der Waals surface area contributed by atoms with Gasteiger partial charge in [-0.05, 0) is 25.5 Å². The minimum atomic E-state index is 0.153. The van der Waals surface area contributed by atoms with E-state index >= 15 is 0 Å². The molecule has 0 atom stereocenters. The number of nitrogens with zero attached hydrogens (tertiary/aromatic N) is 2. The molecule has 4 heteroatoms. The van der Waals surface area contributed by atoms with Gasteiger partial charge in [-0.2, -0.15) is 5.10 Å². The van der Waals surface area contributed by atoms with Crippen LogP contribution in [0.25, 0.3) is 0 Å². The van der Waals surface area contributed by atoms with E-state index in [4.69, 9.17) is 0 Å². The molecule has 0 saturated carbocycles. The number of Topliss-reactive ketones (excluding diaryl/α,β-unsaturated/α-hetero) is 1. The number of aryl methyl sites for hydroxylation is 2. The second-order valence-electron chi connectivity index (χ2n) is 4.09. The summed E-state index contributed by atoms with van der Waals surface area (Å²) in [5, 5.41) is 4.10. The predicted octanol–water partition coefficient (Wildman–Crippen LogP) is 2.78. The Morgan fingerprint density at radius 2 is 2.12 bits per heavy atom. The molecule has 0 spiro atoms. The Bertz CT molecular complexity index is 539. The van der Waals surface area contributed by atoms with E-state index in [1.165, 1.54) is 4.88 Å². The summed E-state index contributed by atoms with van der Waals surface area (Å²) in [6, 6.07) is 4.15. The molecule has 0 bridgehead atoms. The monoisotopic (exact) mass is 248 g/mol. The Balaban J connectivity index is 2.14. The third kappa shape index (κ3) is 2.47. The van der Waals surface area contributed by atoms with Crippen LogP contribution in [-0.2, 0) is 19.9 Å². The van der Waals surface area contributed by atoms with E-state index in [-0.39, 0.29) is 5.78 Å². The quantitative estimate of drug-likeness (QED) is 0.780. The molecule has 0 aliphatic rings. The molecule has 0 amide bonds. The van der Waals surface area contributed by atoms with Crippen LogP contribution in [0.5, 0.6) is 0 Å². The minimum absolute atomic E-state index is 0.153. The van der Waals surface area contributed by atoms with Gasteiger partial charge in [0.2, 0.25) is 0 Å². The van der Waals surface area contributed by atoms with Crippen molar-refractivity contribution < 1.29 is 4.79 Å². The molecule has 0 unspecified atom stereocenters. The fourth-order valence-electron chi connectivity index (χ4n) is 1.73. The number of carbonyl (C=O) groups excluding carboxylic acids is 1. The van der Waals surface area contributed by atoms with Crippen molar-refractivity contribution >= 4 is 17.1 Å². The molecule has 2 rings (SSSR count). The van der Waals surface area contributed by atoms with Crippen LogP contribution in [-0.4, -0.2) is 15.6 Å². The zero-order valence-electron chi connectivity index (χ0n) is 10.4. The largest absolute Gasteiger partial charge is 0.294 e. The van der Waals surface area contributed by atoms with Crippen molar-refractivity contribution in [2.75, 3.05) is 0 Å². The van der Waals surface area contributed by atoms with Gasteiger partial charge in [0.1, 0.15) is 0 Å². The van der Waals surface area contributed by atoms with Gasteiger partial charge < -0.3 is 0 Å². The first-order chi connectivity index (χ1) is 8.11. The van der Waals surface area contributed by atoms with E-state index in [0.717, 1.165) is 22.6 Å². The molecule has 3 nitrogen and oxygen atoms in total. The van der Waals surface area contributed by atoms with E-state index in [9.17, 15) is 4.79 Å². The fourth-order valence-corrected chi connectivity index (χ4v) is 2.69. The zero-order valence-corrected chi connectivity index (χ0v) is 11.2. The van der Waals surface area contributed by atoms with Crippen LogP contribution in [0.15, 0.2) is 18.3 Å². The lowest BCUT2D eigenvalue weighted by molar-refractivity contribution is 0.0993. The summed E-state index contributed by atoms with van der Waals surface area (Å²) in [5.41, 5.74) is 1.67. The second kappa shape index (κ2) is 4.84. The highest BCUT2D eigenvalue weighted by atomic mass is 32.1. The Hall–Kier alpha value is -1.42. The Labute approximate surface area is 105 Å². The molecule has 0 aromatic carbocycles. The lowest BCUT2D eigenvalue weighted by atomic mass is 10.1. The van der Waals surface area contributed by atoms with Crippen molar-refractivity contribution in [3.05, 3.63) is 39.3 Å². The minimum Gasteiger partial charge on any atom is -0.294 e. The van der Waals surface area contributed by atoms with Crippen LogP contribution in [0.3, 0.4) is 0 Å². The number of aromatic nitrogens is 2. The summed E-state index contributed by atoms with van der Waals surface area (Å²) in [4.78, 5) is 14.6. The topological polar surface area (TPSA) is 34.9 Å². The van der Waals surface area contributed by atoms with Gasteiger partial charge in [-0.3, -0.25) is 9.48 Å². The van der Waals surface area contributed by atoms with Crippen LogP contribution >= 0.6 is 11.3 Å². The molecule has 0 radical (unpaired) electrons. The van der Waals surface area contributed by atoms with Crippen molar-refractivity contribution in [2.24, 2.45) is 7.05 Å². The maximum Gasteiger partial charge on any atom is 0.171 e. The smallest absolute Gasteiger partial charge is 0.171 e. The molecule has 0 saturated heterocycles. The van der Waals surface area contributed by atoms with E-state index in [1.54, 1.807) is 22.2 Å². The summed E-state index contributed by atoms with van der Waals surface area (Å²) in [5.74, 6) is 0.153. The van der Waals surface area contributed by atoms with Gasteiger partial charge in [-0.1, -0.05) is 6.92 Å². The molecular formula is C13H16N2OS. The summed E-state index contributed by atoms with van der Waals surface area (Å²) in [6.07, 6.45) is 3.17. The maximum atomic E-state index is 12.1. The first-order valence-corrected chi connectivity index (χ1v) is 6.53. The SMILES string of the molecule is CCc1ccc(CC(=O)c2cnn(C)c2C)s1. The van der Waals surface area contributed by atoms with E-state index in [1.807, 2.05) is 20.0 Å². The third-order valence-electron chi connectivity index (χ3n) is 2.94. The van der Waals surface area contributed by atoms with Crippen molar-refractivity contribution in [2.45, 2.75) is 26.7 Å². The molecule has 0 aliphatic heterocycles. The van der Waals surface area contributed by atoms with Crippen LogP contribution in [0.2, 0.25) is 0 Å². The standard InChI is InChI=1S/C13H16N2OS/c1-4-10-5-6-11(17-10)7-13(16)12-8-14-15(3)9(12)2/h5-6,8H,4,7H2,1-3H3. The predicted molar refractivity (Wildman–Crippen MR) is 69.7 cm³/mol. The molecule has 90 valence electrons. The molecule has 2 aromatic rings. The lowest BCUT2D eigenvalue weighted by Gasteiger charge is -1.98. The van der Waals surface area contributed by atoms with Gasteiger partial charge in [-0.25, -0.2) is 0 Å². The molecular weight excluding hydrogens is 232 g/mol. The highest BCUT2D eigenvalue weighted by molar-refractivity contribution is 7.12. The number of rotatable bonds is 4. The number of carbonyl (C=O) groups is 1. The first kappa shape index (κ1) is 12.0. The zero-order chi connectivity index (χ0) is 12.4. The normalized spacial score (nSPS) is 10.8. The van der Waals surface area contributed by atoms with E-state index < -0.39 is 0 Å². The average molecular weight is 248 g/mol. The highest BCUT2D eigenvalue weighted by Gasteiger charge is 2.14. The number of thiophene rings is 1. The molecule has 0 aliphatic carbocycles. The number of hydrogen-bond donors (Lipinski definition) is 0.